The van der Waals surface area contributed by atoms with Gasteiger partial charge in [0.1, 0.15) is 6.61 Å². The fourth-order valence-corrected chi connectivity index (χ4v) is 1.95. The molecule has 0 bridgehead atoms. The molecule has 0 radical (unpaired) electrons. The third-order valence-corrected chi connectivity index (χ3v) is 3.48. The van der Waals surface area contributed by atoms with Crippen LogP contribution in [0.15, 0.2) is 18.3 Å². The number of hydrogen-bond donors (Lipinski definition) is 2. The molecule has 21 heavy (non-hydrogen) atoms. The molecule has 0 saturated heterocycles. The molecule has 1 rings (SSSR count). The molecule has 0 aliphatic carbocycles. The van der Waals surface area contributed by atoms with Gasteiger partial charge in [-0.15, -0.1) is 0 Å². The van der Waals surface area contributed by atoms with Crippen molar-refractivity contribution in [2.24, 2.45) is 5.73 Å². The van der Waals surface area contributed by atoms with E-state index in [2.05, 4.69) is 4.98 Å². The lowest BCUT2D eigenvalue weighted by Crippen LogP contribution is -2.43. The second-order valence-corrected chi connectivity index (χ2v) is 5.73. The molecule has 0 unspecified atom stereocenters. The number of carbonyl (C=O) groups is 1. The molecule has 11 heteroatoms. The monoisotopic (exact) mass is 327 g/mol. The maximum atomic E-state index is 12.1. The number of hydrogen-bond acceptors (Lipinski definition) is 5. The summed E-state index contributed by atoms with van der Waals surface area (Å²) in [6.45, 7) is 0.770. The highest BCUT2D eigenvalue weighted by Crippen LogP contribution is 2.22. The molecule has 0 fully saturated rings. The summed E-state index contributed by atoms with van der Waals surface area (Å²) in [5.41, 5.74) is -0.266. The lowest BCUT2D eigenvalue weighted by Gasteiger charge is -2.16. The third kappa shape index (κ3) is 4.86. The highest BCUT2D eigenvalue weighted by Gasteiger charge is 2.46. The molecule has 1 aromatic heterocycles. The Kier molecular flexibility index (Phi) is 5.12. The van der Waals surface area contributed by atoms with E-state index >= 15 is 0 Å². The number of alkyl halides is 3. The smallest absolute Gasteiger partial charge is 0.476 e. The average Bonchev–Trinajstić information content (AvgIpc) is 2.35. The molecular formula is C10H12F3N3O4S. The third-order valence-electron chi connectivity index (χ3n) is 2.16. The number of carbonyl (C=O) groups excluding carboxylic acids is 1. The first-order chi connectivity index (χ1) is 9.53. The quantitative estimate of drug-likeness (QED) is 0.785. The highest BCUT2D eigenvalue weighted by molar-refractivity contribution is 7.90. The molecule has 0 spiro atoms. The standard InChI is InChI=1S/C10H12F3N3O4S/c1-6(16-21(18,19)10(11,12)13)5-20-8-4-7(9(14)17)2-3-15-8/h2-4,6,16H,5H2,1H3,(H2,14,17)/t6-/m0/s1. The molecule has 0 saturated carbocycles. The van der Waals surface area contributed by atoms with E-state index in [0.29, 0.717) is 0 Å². The molecule has 1 atom stereocenters. The van der Waals surface area contributed by atoms with E-state index < -0.39 is 34.1 Å². The zero-order chi connectivity index (χ0) is 16.3. The van der Waals surface area contributed by atoms with Crippen molar-refractivity contribution in [2.45, 2.75) is 18.5 Å². The van der Waals surface area contributed by atoms with Gasteiger partial charge in [0.25, 0.3) is 0 Å². The highest BCUT2D eigenvalue weighted by atomic mass is 32.2. The van der Waals surface area contributed by atoms with Gasteiger partial charge in [0.05, 0.1) is 6.04 Å². The molecule has 0 aromatic carbocycles. The Morgan fingerprint density at radius 2 is 2.14 bits per heavy atom. The SMILES string of the molecule is C[C@@H](COc1cc(C(N)=O)ccn1)NS(=O)(=O)C(F)(F)F. The summed E-state index contributed by atoms with van der Waals surface area (Å²) >= 11 is 0. The second-order valence-electron chi connectivity index (χ2n) is 4.03. The summed E-state index contributed by atoms with van der Waals surface area (Å²) in [4.78, 5) is 14.6. The topological polar surface area (TPSA) is 111 Å². The van der Waals surface area contributed by atoms with Crippen molar-refractivity contribution in [3.05, 3.63) is 23.9 Å². The van der Waals surface area contributed by atoms with Gasteiger partial charge in [-0.1, -0.05) is 0 Å². The number of sulfonamides is 1. The van der Waals surface area contributed by atoms with Crippen molar-refractivity contribution in [2.75, 3.05) is 6.61 Å². The number of ether oxygens (including phenoxy) is 1. The van der Waals surface area contributed by atoms with Crippen molar-refractivity contribution >= 4 is 15.9 Å². The zero-order valence-corrected chi connectivity index (χ0v) is 11.5. The van der Waals surface area contributed by atoms with Gasteiger partial charge in [0, 0.05) is 17.8 Å². The largest absolute Gasteiger partial charge is 0.511 e. The second kappa shape index (κ2) is 6.26. The van der Waals surface area contributed by atoms with Crippen molar-refractivity contribution in [3.63, 3.8) is 0 Å². The Morgan fingerprint density at radius 1 is 1.52 bits per heavy atom. The Hall–Kier alpha value is -1.88. The molecule has 1 aromatic rings. The molecule has 0 aliphatic rings. The number of nitrogens with one attached hydrogen (secondary N) is 1. The lowest BCUT2D eigenvalue weighted by molar-refractivity contribution is -0.0451. The number of amides is 1. The summed E-state index contributed by atoms with van der Waals surface area (Å²) in [5.74, 6) is -0.794. The zero-order valence-electron chi connectivity index (χ0n) is 10.7. The number of nitrogens with zero attached hydrogens (tertiary/aromatic N) is 1. The average molecular weight is 327 g/mol. The van der Waals surface area contributed by atoms with Crippen LogP contribution in [0.1, 0.15) is 17.3 Å². The van der Waals surface area contributed by atoms with Gasteiger partial charge >= 0.3 is 15.5 Å². The van der Waals surface area contributed by atoms with Crippen molar-refractivity contribution < 1.29 is 31.1 Å². The summed E-state index contributed by atoms with van der Waals surface area (Å²) in [6.07, 6.45) is 1.22. The molecule has 1 heterocycles. The minimum absolute atomic E-state index is 0.0654. The van der Waals surface area contributed by atoms with Gasteiger partial charge in [-0.3, -0.25) is 4.79 Å². The van der Waals surface area contributed by atoms with Crippen LogP contribution in [0, 0.1) is 0 Å². The normalized spacial score (nSPS) is 13.7. The first kappa shape index (κ1) is 17.2. The maximum Gasteiger partial charge on any atom is 0.511 e. The first-order valence-electron chi connectivity index (χ1n) is 5.50. The van der Waals surface area contributed by atoms with Crippen LogP contribution >= 0.6 is 0 Å². The summed E-state index contributed by atoms with van der Waals surface area (Å²) < 4.78 is 64.5. The van der Waals surface area contributed by atoms with Crippen molar-refractivity contribution in [1.29, 1.82) is 0 Å². The Bertz CT molecular complexity index is 618. The van der Waals surface area contributed by atoms with E-state index in [4.69, 9.17) is 10.5 Å². The summed E-state index contributed by atoms with van der Waals surface area (Å²) in [7, 11) is -5.45. The van der Waals surface area contributed by atoms with E-state index in [1.54, 1.807) is 0 Å². The maximum absolute atomic E-state index is 12.1. The van der Waals surface area contributed by atoms with Crippen LogP contribution in [0.5, 0.6) is 5.88 Å². The number of aromatic nitrogens is 1. The van der Waals surface area contributed by atoms with Crippen molar-refractivity contribution in [3.8, 4) is 5.88 Å². The predicted molar refractivity (Wildman–Crippen MR) is 65.8 cm³/mol. The first-order valence-corrected chi connectivity index (χ1v) is 6.98. The Balaban J connectivity index is 2.64. The van der Waals surface area contributed by atoms with Gasteiger partial charge in [-0.25, -0.2) is 18.1 Å². The van der Waals surface area contributed by atoms with Crippen LogP contribution in [0.25, 0.3) is 0 Å². The molecule has 7 nitrogen and oxygen atoms in total. The lowest BCUT2D eigenvalue weighted by atomic mass is 10.2. The Morgan fingerprint density at radius 3 is 2.67 bits per heavy atom. The van der Waals surface area contributed by atoms with Gasteiger partial charge in [0.2, 0.25) is 11.8 Å². The molecule has 118 valence electrons. The van der Waals surface area contributed by atoms with Gasteiger partial charge in [-0.05, 0) is 13.0 Å². The number of primary amides is 1. The Labute approximate surface area is 118 Å². The van der Waals surface area contributed by atoms with E-state index in [-0.39, 0.29) is 11.4 Å². The van der Waals surface area contributed by atoms with E-state index in [0.717, 1.165) is 0 Å². The summed E-state index contributed by atoms with van der Waals surface area (Å²) in [5, 5.41) is 0. The van der Waals surface area contributed by atoms with Gasteiger partial charge in [0.15, 0.2) is 0 Å². The number of nitrogens with two attached hydrogens (primary N) is 1. The fourth-order valence-electron chi connectivity index (χ4n) is 1.22. The minimum Gasteiger partial charge on any atom is -0.476 e. The van der Waals surface area contributed by atoms with Crippen LogP contribution in [0.3, 0.4) is 0 Å². The van der Waals surface area contributed by atoms with Crippen LogP contribution in [-0.4, -0.2) is 37.5 Å². The summed E-state index contributed by atoms with van der Waals surface area (Å²) in [6, 6.07) is 1.36. The number of rotatable bonds is 6. The molecule has 0 aliphatic heterocycles. The van der Waals surface area contributed by atoms with Crippen LogP contribution in [0.2, 0.25) is 0 Å². The van der Waals surface area contributed by atoms with Crippen LogP contribution in [-0.2, 0) is 10.0 Å². The van der Waals surface area contributed by atoms with E-state index in [1.165, 1.54) is 30.0 Å². The van der Waals surface area contributed by atoms with Crippen molar-refractivity contribution in [1.82, 2.24) is 9.71 Å². The van der Waals surface area contributed by atoms with Gasteiger partial charge < -0.3 is 10.5 Å². The molecule has 3 N–H and O–H groups in total. The predicted octanol–water partition coefficient (Wildman–Crippen LogP) is 0.387. The number of halogens is 3. The van der Waals surface area contributed by atoms with Crippen LogP contribution in [0.4, 0.5) is 13.2 Å². The van der Waals surface area contributed by atoms with E-state index in [9.17, 15) is 26.4 Å². The fraction of sp³-hybridized carbons (Fsp3) is 0.400. The molecule has 1 amide bonds. The van der Waals surface area contributed by atoms with Crippen LogP contribution < -0.4 is 15.2 Å². The van der Waals surface area contributed by atoms with Gasteiger partial charge in [-0.2, -0.15) is 13.2 Å². The molecular weight excluding hydrogens is 315 g/mol. The minimum atomic E-state index is -5.45. The van der Waals surface area contributed by atoms with E-state index in [1.807, 2.05) is 0 Å². The number of pyridine rings is 1.